The highest BCUT2D eigenvalue weighted by atomic mass is 16.5. The Morgan fingerprint density at radius 3 is 2.20 bits per heavy atom. The fourth-order valence-corrected chi connectivity index (χ4v) is 2.82. The van der Waals surface area contributed by atoms with Crippen LogP contribution in [0.3, 0.4) is 0 Å². The Hall–Kier alpha value is -1.64. The Morgan fingerprint density at radius 1 is 0.900 bits per heavy atom. The lowest BCUT2D eigenvalue weighted by Crippen LogP contribution is -2.27. The summed E-state index contributed by atoms with van der Waals surface area (Å²) in [5, 5.41) is 0. The zero-order chi connectivity index (χ0) is 14.1. The Bertz CT molecular complexity index is 564. The molecule has 0 amide bonds. The van der Waals surface area contributed by atoms with Gasteiger partial charge in [0.1, 0.15) is 12.3 Å². The second kappa shape index (κ2) is 5.39. The summed E-state index contributed by atoms with van der Waals surface area (Å²) in [7, 11) is 2.14. The molecule has 1 heterocycles. The van der Waals surface area contributed by atoms with Crippen LogP contribution in [0.1, 0.15) is 35.9 Å². The molecular weight excluding hydrogens is 246 g/mol. The molecule has 2 aromatic rings. The van der Waals surface area contributed by atoms with E-state index >= 15 is 0 Å². The van der Waals surface area contributed by atoms with Gasteiger partial charge >= 0.3 is 0 Å². The topological polar surface area (TPSA) is 12.5 Å². The van der Waals surface area contributed by atoms with Crippen molar-refractivity contribution in [3.63, 3.8) is 0 Å². The lowest BCUT2D eigenvalue weighted by Gasteiger charge is -2.21. The molecule has 0 saturated carbocycles. The zero-order valence-electron chi connectivity index (χ0n) is 12.3. The average Bonchev–Trinajstić information content (AvgIpc) is 2.77. The van der Waals surface area contributed by atoms with Crippen molar-refractivity contribution in [3.8, 4) is 0 Å². The van der Waals surface area contributed by atoms with Crippen molar-refractivity contribution in [1.82, 2.24) is 4.90 Å². The van der Waals surface area contributed by atoms with E-state index in [9.17, 15) is 0 Å². The fraction of sp³-hybridized carbons (Fsp3) is 0.333. The molecule has 0 bridgehead atoms. The second-order valence-corrected chi connectivity index (χ2v) is 5.64. The summed E-state index contributed by atoms with van der Waals surface area (Å²) >= 11 is 0. The first-order valence-corrected chi connectivity index (χ1v) is 7.16. The van der Waals surface area contributed by atoms with Gasteiger partial charge in [0.25, 0.3) is 0 Å². The minimum Gasteiger partial charge on any atom is -0.349 e. The molecule has 3 rings (SSSR count). The summed E-state index contributed by atoms with van der Waals surface area (Å²) in [5.74, 6) is 0. The van der Waals surface area contributed by atoms with Crippen LogP contribution in [0.2, 0.25) is 0 Å². The van der Waals surface area contributed by atoms with E-state index in [4.69, 9.17) is 4.74 Å². The van der Waals surface area contributed by atoms with Gasteiger partial charge in [-0.3, -0.25) is 4.90 Å². The van der Waals surface area contributed by atoms with Crippen molar-refractivity contribution in [2.75, 3.05) is 7.05 Å². The molecule has 0 aromatic heterocycles. The maximum absolute atomic E-state index is 6.32. The Kier molecular flexibility index (Phi) is 3.60. The van der Waals surface area contributed by atoms with Crippen LogP contribution in [0.4, 0.5) is 0 Å². The van der Waals surface area contributed by atoms with Crippen LogP contribution in [0.25, 0.3) is 0 Å². The zero-order valence-corrected chi connectivity index (χ0v) is 12.3. The number of rotatable bonds is 2. The van der Waals surface area contributed by atoms with Gasteiger partial charge in [0.2, 0.25) is 0 Å². The Balaban J connectivity index is 1.87. The van der Waals surface area contributed by atoms with E-state index in [1.807, 2.05) is 6.07 Å². The number of ether oxygens (including phenoxy) is 1. The van der Waals surface area contributed by atoms with Crippen LogP contribution in [0.5, 0.6) is 0 Å². The molecule has 104 valence electrons. The summed E-state index contributed by atoms with van der Waals surface area (Å²) in [6.45, 7) is 4.34. The normalized spacial score (nSPS) is 26.9. The van der Waals surface area contributed by atoms with Crippen LogP contribution in [-0.4, -0.2) is 18.0 Å². The van der Waals surface area contributed by atoms with Crippen LogP contribution < -0.4 is 0 Å². The van der Waals surface area contributed by atoms with Gasteiger partial charge in [-0.05, 0) is 32.0 Å². The molecule has 0 N–H and O–H groups in total. The van der Waals surface area contributed by atoms with E-state index in [0.717, 1.165) is 0 Å². The summed E-state index contributed by atoms with van der Waals surface area (Å²) in [4.78, 5) is 2.31. The molecule has 0 aliphatic carbocycles. The van der Waals surface area contributed by atoms with E-state index in [1.54, 1.807) is 0 Å². The first kappa shape index (κ1) is 13.3. The van der Waals surface area contributed by atoms with Crippen molar-refractivity contribution >= 4 is 0 Å². The van der Waals surface area contributed by atoms with Crippen molar-refractivity contribution < 1.29 is 4.74 Å². The predicted octanol–water partition coefficient (Wildman–Crippen LogP) is 4.09. The molecule has 2 nitrogen and oxygen atoms in total. The van der Waals surface area contributed by atoms with Crippen LogP contribution >= 0.6 is 0 Å². The smallest absolute Gasteiger partial charge is 0.137 e. The highest BCUT2D eigenvalue weighted by molar-refractivity contribution is 5.26. The quantitative estimate of drug-likeness (QED) is 0.812. The predicted molar refractivity (Wildman–Crippen MR) is 81.4 cm³/mol. The third-order valence-corrected chi connectivity index (χ3v) is 4.22. The van der Waals surface area contributed by atoms with Crippen LogP contribution in [0.15, 0.2) is 54.6 Å². The highest BCUT2D eigenvalue weighted by Crippen LogP contribution is 2.40. The lowest BCUT2D eigenvalue weighted by atomic mass is 10.0. The van der Waals surface area contributed by atoms with Crippen molar-refractivity contribution in [2.45, 2.75) is 32.2 Å². The third kappa shape index (κ3) is 2.37. The summed E-state index contributed by atoms with van der Waals surface area (Å²) in [6, 6.07) is 19.5. The van der Waals surface area contributed by atoms with Gasteiger partial charge in [0.05, 0.1) is 0 Å². The standard InChI is InChI=1S/C18H21NO/c1-13-9-11-16(12-10-13)18-19(3)14(2)17(20-18)15-7-5-4-6-8-15/h4-12,14,17-18H,1-3H3/t14-,17-,18-/m0/s1. The number of nitrogens with zero attached hydrogens (tertiary/aromatic N) is 1. The SMILES string of the molecule is Cc1ccc([C@@H]2O[C@H](c3ccccc3)[C@H](C)N2C)cc1. The maximum Gasteiger partial charge on any atom is 0.137 e. The molecule has 3 atom stereocenters. The molecule has 1 aliphatic rings. The molecular formula is C18H21NO. The van der Waals surface area contributed by atoms with Crippen LogP contribution in [-0.2, 0) is 4.74 Å². The van der Waals surface area contributed by atoms with Crippen molar-refractivity contribution in [3.05, 3.63) is 71.3 Å². The Morgan fingerprint density at radius 2 is 1.55 bits per heavy atom. The van der Waals surface area contributed by atoms with Gasteiger partial charge in [-0.15, -0.1) is 0 Å². The highest BCUT2D eigenvalue weighted by Gasteiger charge is 2.38. The average molecular weight is 267 g/mol. The number of benzene rings is 2. The van der Waals surface area contributed by atoms with Crippen LogP contribution in [0, 0.1) is 6.92 Å². The number of hydrogen-bond donors (Lipinski definition) is 0. The molecule has 2 aromatic carbocycles. The first-order chi connectivity index (χ1) is 9.66. The van der Waals surface area contributed by atoms with E-state index in [0.29, 0.717) is 6.04 Å². The maximum atomic E-state index is 6.32. The molecule has 0 spiro atoms. The summed E-state index contributed by atoms with van der Waals surface area (Å²) in [5.41, 5.74) is 3.76. The van der Waals surface area contributed by atoms with Gasteiger partial charge in [0.15, 0.2) is 0 Å². The van der Waals surface area contributed by atoms with Crippen molar-refractivity contribution in [2.24, 2.45) is 0 Å². The van der Waals surface area contributed by atoms with E-state index < -0.39 is 0 Å². The lowest BCUT2D eigenvalue weighted by molar-refractivity contribution is 0.00560. The van der Waals surface area contributed by atoms with Gasteiger partial charge < -0.3 is 4.74 Å². The number of aryl methyl sites for hydroxylation is 1. The largest absolute Gasteiger partial charge is 0.349 e. The van der Waals surface area contributed by atoms with Gasteiger partial charge in [-0.25, -0.2) is 0 Å². The van der Waals surface area contributed by atoms with E-state index in [2.05, 4.69) is 74.3 Å². The molecule has 2 heteroatoms. The molecule has 20 heavy (non-hydrogen) atoms. The van der Waals surface area contributed by atoms with E-state index in [-0.39, 0.29) is 12.3 Å². The summed E-state index contributed by atoms with van der Waals surface area (Å²) in [6.07, 6.45) is 0.170. The van der Waals surface area contributed by atoms with Crippen molar-refractivity contribution in [1.29, 1.82) is 0 Å². The molecule has 0 unspecified atom stereocenters. The second-order valence-electron chi connectivity index (χ2n) is 5.64. The minimum absolute atomic E-state index is 0.0378. The first-order valence-electron chi connectivity index (χ1n) is 7.16. The molecule has 1 fully saturated rings. The van der Waals surface area contributed by atoms with Gasteiger partial charge in [0, 0.05) is 6.04 Å². The molecule has 1 aliphatic heterocycles. The number of likely N-dealkylation sites (N-methyl/N-ethyl adjacent to an activating group) is 1. The Labute approximate surface area is 121 Å². The molecule has 0 radical (unpaired) electrons. The monoisotopic (exact) mass is 267 g/mol. The fourth-order valence-electron chi connectivity index (χ4n) is 2.82. The minimum atomic E-state index is 0.0378. The van der Waals surface area contributed by atoms with Gasteiger partial charge in [-0.1, -0.05) is 60.2 Å². The van der Waals surface area contributed by atoms with Gasteiger partial charge in [-0.2, -0.15) is 0 Å². The summed E-state index contributed by atoms with van der Waals surface area (Å²) < 4.78 is 6.32. The molecule has 1 saturated heterocycles. The number of hydrogen-bond acceptors (Lipinski definition) is 2. The van der Waals surface area contributed by atoms with E-state index in [1.165, 1.54) is 16.7 Å². The third-order valence-electron chi connectivity index (χ3n) is 4.22.